The lowest BCUT2D eigenvalue weighted by Crippen LogP contribution is -2.35. The van der Waals surface area contributed by atoms with Crippen LogP contribution in [0, 0.1) is 13.8 Å². The van der Waals surface area contributed by atoms with Crippen molar-refractivity contribution in [2.75, 3.05) is 27.2 Å². The molecule has 0 bridgehead atoms. The van der Waals surface area contributed by atoms with E-state index in [4.69, 9.17) is 4.74 Å². The van der Waals surface area contributed by atoms with Crippen molar-refractivity contribution in [1.29, 1.82) is 0 Å². The number of ketones is 1. The number of aryl methyl sites for hydroxylation is 2. The van der Waals surface area contributed by atoms with Gasteiger partial charge in [0, 0.05) is 18.7 Å². The summed E-state index contributed by atoms with van der Waals surface area (Å²) in [6.07, 6.45) is 0.0383. The zero-order valence-electron chi connectivity index (χ0n) is 19.7. The number of Topliss-reactive ketones (excluding diaryl/α,β-unsaturated/α-hetero) is 1. The third-order valence-electron chi connectivity index (χ3n) is 5.68. The van der Waals surface area contributed by atoms with Gasteiger partial charge in [-0.1, -0.05) is 24.3 Å². The van der Waals surface area contributed by atoms with E-state index >= 15 is 0 Å². The third kappa shape index (κ3) is 4.86. The molecular formula is C26H32N2O4. The van der Waals surface area contributed by atoms with E-state index in [0.29, 0.717) is 24.4 Å². The number of rotatable bonds is 7. The summed E-state index contributed by atoms with van der Waals surface area (Å²) in [5, 5.41) is 11.2. The Morgan fingerprint density at radius 2 is 1.72 bits per heavy atom. The molecule has 0 radical (unpaired) electrons. The predicted molar refractivity (Wildman–Crippen MR) is 126 cm³/mol. The molecule has 1 fully saturated rings. The molecule has 3 rings (SSSR count). The van der Waals surface area contributed by atoms with Crippen molar-refractivity contribution in [2.45, 2.75) is 39.8 Å². The van der Waals surface area contributed by atoms with E-state index in [1.54, 1.807) is 11.0 Å². The molecule has 0 saturated carbocycles. The summed E-state index contributed by atoms with van der Waals surface area (Å²) >= 11 is 0. The van der Waals surface area contributed by atoms with Gasteiger partial charge in [0.25, 0.3) is 11.7 Å². The number of carbonyl (C=O) groups excluding carboxylic acids is 2. The van der Waals surface area contributed by atoms with Crippen LogP contribution in [0.15, 0.2) is 48.0 Å². The van der Waals surface area contributed by atoms with Gasteiger partial charge in [-0.05, 0) is 76.7 Å². The largest absolute Gasteiger partial charge is 0.507 e. The Hall–Kier alpha value is -3.12. The summed E-state index contributed by atoms with van der Waals surface area (Å²) in [6, 6.07) is 12.2. The Bertz CT molecular complexity index is 1040. The number of benzene rings is 2. The molecule has 170 valence electrons. The fourth-order valence-corrected chi connectivity index (χ4v) is 3.81. The quantitative estimate of drug-likeness (QED) is 0.402. The number of nitrogens with zero attached hydrogens (tertiary/aromatic N) is 2. The maximum Gasteiger partial charge on any atom is 0.295 e. The minimum Gasteiger partial charge on any atom is -0.507 e. The van der Waals surface area contributed by atoms with E-state index in [1.165, 1.54) is 0 Å². The lowest BCUT2D eigenvalue weighted by Gasteiger charge is -2.26. The van der Waals surface area contributed by atoms with Gasteiger partial charge < -0.3 is 19.6 Å². The lowest BCUT2D eigenvalue weighted by atomic mass is 9.94. The van der Waals surface area contributed by atoms with Crippen molar-refractivity contribution < 1.29 is 19.4 Å². The molecule has 1 heterocycles. The summed E-state index contributed by atoms with van der Waals surface area (Å²) < 4.78 is 5.73. The second-order valence-electron chi connectivity index (χ2n) is 8.83. The van der Waals surface area contributed by atoms with Crippen molar-refractivity contribution in [3.05, 3.63) is 70.3 Å². The molecule has 1 amide bonds. The molecule has 2 aromatic carbocycles. The molecule has 0 aromatic heterocycles. The molecule has 1 aliphatic rings. The summed E-state index contributed by atoms with van der Waals surface area (Å²) in [5.74, 6) is -0.689. The summed E-state index contributed by atoms with van der Waals surface area (Å²) in [5.41, 5.74) is 3.50. The number of aliphatic hydroxyl groups excluding tert-OH is 1. The smallest absolute Gasteiger partial charge is 0.295 e. The number of amides is 1. The Morgan fingerprint density at radius 1 is 1.06 bits per heavy atom. The highest BCUT2D eigenvalue weighted by atomic mass is 16.5. The van der Waals surface area contributed by atoms with Gasteiger partial charge in [0.15, 0.2) is 0 Å². The van der Waals surface area contributed by atoms with E-state index < -0.39 is 17.7 Å². The highest BCUT2D eigenvalue weighted by Gasteiger charge is 2.45. The maximum atomic E-state index is 13.1. The Morgan fingerprint density at radius 3 is 2.28 bits per heavy atom. The number of likely N-dealkylation sites (tertiary alicyclic amines) is 1. The monoisotopic (exact) mass is 436 g/mol. The molecular weight excluding hydrogens is 404 g/mol. The van der Waals surface area contributed by atoms with Crippen LogP contribution in [-0.2, 0) is 9.59 Å². The van der Waals surface area contributed by atoms with E-state index in [9.17, 15) is 14.7 Å². The topological polar surface area (TPSA) is 70.1 Å². The fraction of sp³-hybridized carbons (Fsp3) is 0.385. The second-order valence-corrected chi connectivity index (χ2v) is 8.83. The van der Waals surface area contributed by atoms with Crippen molar-refractivity contribution in [3.63, 3.8) is 0 Å². The standard InChI is InChI=1S/C26H32N2O4/c1-16(2)32-21-11-9-19(10-12-21)23-22(24(29)20-8-7-17(3)18(4)15-20)25(30)26(31)28(23)14-13-27(5)6/h7-12,15-16,23,29H,13-14H2,1-6H3/b24-22-. The molecule has 6 heteroatoms. The van der Waals surface area contributed by atoms with Crippen LogP contribution in [0.5, 0.6) is 5.75 Å². The van der Waals surface area contributed by atoms with Gasteiger partial charge in [0.05, 0.1) is 17.7 Å². The first-order chi connectivity index (χ1) is 15.1. The molecule has 1 aliphatic heterocycles. The minimum atomic E-state index is -0.662. The Labute approximate surface area is 190 Å². The minimum absolute atomic E-state index is 0.0383. The Kier molecular flexibility index (Phi) is 7.04. The third-order valence-corrected chi connectivity index (χ3v) is 5.68. The first kappa shape index (κ1) is 23.5. The van der Waals surface area contributed by atoms with Gasteiger partial charge in [-0.25, -0.2) is 0 Å². The fourth-order valence-electron chi connectivity index (χ4n) is 3.81. The van der Waals surface area contributed by atoms with Crippen LogP contribution in [0.2, 0.25) is 0 Å². The number of likely N-dealkylation sites (N-methyl/N-ethyl adjacent to an activating group) is 1. The molecule has 1 atom stereocenters. The van der Waals surface area contributed by atoms with Crippen LogP contribution in [0.25, 0.3) is 5.76 Å². The van der Waals surface area contributed by atoms with Gasteiger partial charge in [-0.3, -0.25) is 9.59 Å². The van der Waals surface area contributed by atoms with Crippen LogP contribution >= 0.6 is 0 Å². The molecule has 6 nitrogen and oxygen atoms in total. The van der Waals surface area contributed by atoms with Crippen molar-refractivity contribution in [3.8, 4) is 5.75 Å². The molecule has 2 aromatic rings. The highest BCUT2D eigenvalue weighted by Crippen LogP contribution is 2.39. The van der Waals surface area contributed by atoms with Gasteiger partial charge in [0.1, 0.15) is 11.5 Å². The maximum absolute atomic E-state index is 13.1. The molecule has 1 saturated heterocycles. The first-order valence-corrected chi connectivity index (χ1v) is 10.9. The highest BCUT2D eigenvalue weighted by molar-refractivity contribution is 6.46. The van der Waals surface area contributed by atoms with Crippen molar-refractivity contribution in [2.24, 2.45) is 0 Å². The second kappa shape index (κ2) is 9.57. The zero-order chi connectivity index (χ0) is 23.6. The number of aliphatic hydroxyl groups is 1. The van der Waals surface area contributed by atoms with Crippen LogP contribution in [0.1, 0.15) is 42.1 Å². The van der Waals surface area contributed by atoms with Crippen molar-refractivity contribution >= 4 is 17.4 Å². The number of hydrogen-bond acceptors (Lipinski definition) is 5. The summed E-state index contributed by atoms with van der Waals surface area (Å²) in [6.45, 7) is 8.81. The molecule has 1 N–H and O–H groups in total. The summed E-state index contributed by atoms with van der Waals surface area (Å²) in [4.78, 5) is 29.6. The number of hydrogen-bond donors (Lipinski definition) is 1. The van der Waals surface area contributed by atoms with Gasteiger partial charge in [-0.15, -0.1) is 0 Å². The van der Waals surface area contributed by atoms with E-state index in [1.807, 2.05) is 83.1 Å². The lowest BCUT2D eigenvalue weighted by molar-refractivity contribution is -0.140. The normalized spacial score (nSPS) is 18.1. The van der Waals surface area contributed by atoms with Crippen LogP contribution < -0.4 is 4.74 Å². The predicted octanol–water partition coefficient (Wildman–Crippen LogP) is 4.07. The number of ether oxygens (including phenoxy) is 1. The average Bonchev–Trinajstić information content (AvgIpc) is 2.98. The molecule has 32 heavy (non-hydrogen) atoms. The summed E-state index contributed by atoms with van der Waals surface area (Å²) in [7, 11) is 3.83. The van der Waals surface area contributed by atoms with Crippen LogP contribution in [0.4, 0.5) is 0 Å². The average molecular weight is 437 g/mol. The SMILES string of the molecule is Cc1ccc(/C(O)=C2/C(=O)C(=O)N(CCN(C)C)C2c2ccc(OC(C)C)cc2)cc1C. The van der Waals surface area contributed by atoms with E-state index in [2.05, 4.69) is 0 Å². The zero-order valence-corrected chi connectivity index (χ0v) is 19.7. The Balaban J connectivity index is 2.11. The van der Waals surface area contributed by atoms with Gasteiger partial charge in [-0.2, -0.15) is 0 Å². The first-order valence-electron chi connectivity index (χ1n) is 10.9. The molecule has 1 unspecified atom stereocenters. The number of carbonyl (C=O) groups is 2. The van der Waals surface area contributed by atoms with Crippen molar-refractivity contribution in [1.82, 2.24) is 9.80 Å². The van der Waals surface area contributed by atoms with Gasteiger partial charge >= 0.3 is 0 Å². The van der Waals surface area contributed by atoms with E-state index in [0.717, 1.165) is 16.7 Å². The van der Waals surface area contributed by atoms with Gasteiger partial charge in [0.2, 0.25) is 0 Å². The van der Waals surface area contributed by atoms with Crippen LogP contribution in [0.3, 0.4) is 0 Å². The molecule has 0 spiro atoms. The van der Waals surface area contributed by atoms with E-state index in [-0.39, 0.29) is 17.4 Å². The molecule has 0 aliphatic carbocycles. The van der Waals surface area contributed by atoms with Crippen LogP contribution in [-0.4, -0.2) is 59.9 Å².